The van der Waals surface area contributed by atoms with Crippen LogP contribution in [0, 0.1) is 0 Å². The summed E-state index contributed by atoms with van der Waals surface area (Å²) in [6, 6.07) is 0. The van der Waals surface area contributed by atoms with E-state index >= 15 is 0 Å². The molecule has 0 unspecified atom stereocenters. The lowest BCUT2D eigenvalue weighted by molar-refractivity contribution is 0.811. The van der Waals surface area contributed by atoms with Crippen molar-refractivity contribution in [2.24, 2.45) is 0 Å². The third-order valence-corrected chi connectivity index (χ3v) is 3.55. The van der Waals surface area contributed by atoms with Crippen molar-refractivity contribution in [1.82, 2.24) is 19.9 Å². The number of thiazole rings is 1. The molecule has 0 saturated carbocycles. The largest absolute Gasteiger partial charge is 0.354 e. The zero-order valence-corrected chi connectivity index (χ0v) is 13.4. The summed E-state index contributed by atoms with van der Waals surface area (Å²) in [5, 5.41) is 8.35. The molecule has 0 aromatic carbocycles. The Kier molecular flexibility index (Phi) is 5.68. The summed E-state index contributed by atoms with van der Waals surface area (Å²) in [5.74, 6) is 1.85. The first kappa shape index (κ1) is 15.4. The van der Waals surface area contributed by atoms with Crippen LogP contribution in [0.25, 0.3) is 0 Å². The number of hydrogen-bond acceptors (Lipinski definition) is 8. The molecule has 0 aliphatic carbocycles. The lowest BCUT2D eigenvalue weighted by Gasteiger charge is -2.19. The van der Waals surface area contributed by atoms with E-state index in [9.17, 15) is 0 Å². The van der Waals surface area contributed by atoms with Crippen molar-refractivity contribution in [3.8, 4) is 0 Å². The van der Waals surface area contributed by atoms with E-state index in [4.69, 9.17) is 0 Å². The van der Waals surface area contributed by atoms with Gasteiger partial charge in [0.15, 0.2) is 0 Å². The first-order chi connectivity index (χ1) is 10.3. The van der Waals surface area contributed by atoms with Crippen LogP contribution in [-0.4, -0.2) is 39.6 Å². The molecule has 114 valence electrons. The Morgan fingerprint density at radius 3 is 2.33 bits per heavy atom. The van der Waals surface area contributed by atoms with Gasteiger partial charge in [-0.15, -0.1) is 11.3 Å². The summed E-state index contributed by atoms with van der Waals surface area (Å²) in [6.45, 7) is 9.29. The number of anilines is 3. The molecule has 2 aromatic rings. The Bertz CT molecular complexity index is 539. The average Bonchev–Trinajstić information content (AvgIpc) is 3.00. The zero-order valence-electron chi connectivity index (χ0n) is 12.6. The van der Waals surface area contributed by atoms with Crippen molar-refractivity contribution >= 4 is 29.2 Å². The third-order valence-electron chi connectivity index (χ3n) is 2.92. The molecule has 0 fully saturated rings. The number of aromatic nitrogens is 4. The summed E-state index contributed by atoms with van der Waals surface area (Å²) in [7, 11) is 0. The molecule has 21 heavy (non-hydrogen) atoms. The highest BCUT2D eigenvalue weighted by Gasteiger charge is 2.10. The predicted molar refractivity (Wildman–Crippen MR) is 87.0 cm³/mol. The van der Waals surface area contributed by atoms with Gasteiger partial charge >= 0.3 is 0 Å². The predicted octanol–water partition coefficient (Wildman–Crippen LogP) is 2.22. The highest BCUT2D eigenvalue weighted by molar-refractivity contribution is 7.07. The number of hydrogen-bond donors (Lipinski definition) is 2. The maximum absolute atomic E-state index is 4.49. The molecule has 0 bridgehead atoms. The van der Waals surface area contributed by atoms with Crippen LogP contribution in [0.15, 0.2) is 10.9 Å². The van der Waals surface area contributed by atoms with Crippen LogP contribution in [-0.2, 0) is 6.54 Å². The van der Waals surface area contributed by atoms with Crippen molar-refractivity contribution in [3.05, 3.63) is 16.6 Å². The van der Waals surface area contributed by atoms with Gasteiger partial charge in [0.05, 0.1) is 17.7 Å². The molecule has 2 N–H and O–H groups in total. The van der Waals surface area contributed by atoms with Gasteiger partial charge in [0.25, 0.3) is 0 Å². The van der Waals surface area contributed by atoms with Crippen molar-refractivity contribution < 1.29 is 0 Å². The molecule has 2 heterocycles. The van der Waals surface area contributed by atoms with Crippen LogP contribution < -0.4 is 15.5 Å². The quantitative estimate of drug-likeness (QED) is 0.774. The Labute approximate surface area is 128 Å². The van der Waals surface area contributed by atoms with Crippen LogP contribution in [0.1, 0.15) is 26.5 Å². The third kappa shape index (κ3) is 4.25. The fraction of sp³-hybridized carbons (Fsp3) is 0.538. The highest BCUT2D eigenvalue weighted by atomic mass is 32.1. The molecule has 0 aliphatic heterocycles. The summed E-state index contributed by atoms with van der Waals surface area (Å²) >= 11 is 1.58. The van der Waals surface area contributed by atoms with Gasteiger partial charge in [0, 0.05) is 25.0 Å². The van der Waals surface area contributed by atoms with Crippen molar-refractivity contribution in [2.45, 2.75) is 27.3 Å². The van der Waals surface area contributed by atoms with E-state index in [0.717, 1.165) is 25.3 Å². The minimum Gasteiger partial charge on any atom is -0.354 e. The topological polar surface area (TPSA) is 78.9 Å². The second-order valence-corrected chi connectivity index (χ2v) is 5.04. The number of nitrogens with one attached hydrogen (secondary N) is 2. The summed E-state index contributed by atoms with van der Waals surface area (Å²) in [4.78, 5) is 19.6. The Hall–Kier alpha value is -1.96. The molecule has 8 heteroatoms. The number of nitrogens with zero attached hydrogens (tertiary/aromatic N) is 5. The Morgan fingerprint density at radius 1 is 1.05 bits per heavy atom. The summed E-state index contributed by atoms with van der Waals surface area (Å²) in [5.41, 5.74) is 2.80. The molecule has 0 atom stereocenters. The highest BCUT2D eigenvalue weighted by Crippen LogP contribution is 2.14. The van der Waals surface area contributed by atoms with Gasteiger partial charge in [-0.1, -0.05) is 0 Å². The van der Waals surface area contributed by atoms with E-state index in [2.05, 4.69) is 49.3 Å². The standard InChI is InChI=1S/C13H21N7S/c1-4-14-11-17-12(15-7-10-8-21-9-16-10)19-13(18-11)20(5-2)6-3/h8-9H,4-7H2,1-3H3,(H2,14,15,17,18,19). The van der Waals surface area contributed by atoms with E-state index in [-0.39, 0.29) is 0 Å². The minimum atomic E-state index is 0.566. The van der Waals surface area contributed by atoms with Crippen LogP contribution in [0.4, 0.5) is 17.8 Å². The molecule has 0 saturated heterocycles. The van der Waals surface area contributed by atoms with Crippen LogP contribution in [0.2, 0.25) is 0 Å². The maximum Gasteiger partial charge on any atom is 0.231 e. The van der Waals surface area contributed by atoms with Gasteiger partial charge in [-0.25, -0.2) is 4.98 Å². The smallest absolute Gasteiger partial charge is 0.231 e. The van der Waals surface area contributed by atoms with Gasteiger partial charge in [-0.2, -0.15) is 15.0 Å². The molecule has 0 aliphatic rings. The van der Waals surface area contributed by atoms with E-state index in [1.165, 1.54) is 0 Å². The van der Waals surface area contributed by atoms with Crippen molar-refractivity contribution in [1.29, 1.82) is 0 Å². The van der Waals surface area contributed by atoms with Crippen LogP contribution in [0.3, 0.4) is 0 Å². The average molecular weight is 307 g/mol. The molecule has 2 rings (SSSR count). The minimum absolute atomic E-state index is 0.566. The summed E-state index contributed by atoms with van der Waals surface area (Å²) in [6.07, 6.45) is 0. The van der Waals surface area contributed by atoms with E-state index < -0.39 is 0 Å². The van der Waals surface area contributed by atoms with Crippen molar-refractivity contribution in [2.75, 3.05) is 35.2 Å². The first-order valence-electron chi connectivity index (χ1n) is 7.12. The second kappa shape index (κ2) is 7.72. The monoisotopic (exact) mass is 307 g/mol. The van der Waals surface area contributed by atoms with Gasteiger partial charge in [0.1, 0.15) is 0 Å². The maximum atomic E-state index is 4.49. The van der Waals surface area contributed by atoms with E-state index in [0.29, 0.717) is 24.4 Å². The molecule has 7 nitrogen and oxygen atoms in total. The molecular formula is C13H21N7S. The molecule has 0 amide bonds. The van der Waals surface area contributed by atoms with Crippen LogP contribution >= 0.6 is 11.3 Å². The van der Waals surface area contributed by atoms with Gasteiger partial charge < -0.3 is 15.5 Å². The van der Waals surface area contributed by atoms with Crippen molar-refractivity contribution in [3.63, 3.8) is 0 Å². The van der Waals surface area contributed by atoms with Gasteiger partial charge in [-0.05, 0) is 20.8 Å². The SMILES string of the molecule is CCNc1nc(NCc2cscn2)nc(N(CC)CC)n1. The lowest BCUT2D eigenvalue weighted by Crippen LogP contribution is -2.25. The van der Waals surface area contributed by atoms with Crippen LogP contribution in [0.5, 0.6) is 0 Å². The fourth-order valence-corrected chi connectivity index (χ4v) is 2.38. The number of rotatable bonds is 8. The first-order valence-corrected chi connectivity index (χ1v) is 8.06. The Balaban J connectivity index is 2.18. The Morgan fingerprint density at radius 2 is 1.76 bits per heavy atom. The molecular weight excluding hydrogens is 286 g/mol. The van der Waals surface area contributed by atoms with E-state index in [1.807, 2.05) is 17.8 Å². The zero-order chi connectivity index (χ0) is 15.1. The fourth-order valence-electron chi connectivity index (χ4n) is 1.82. The second-order valence-electron chi connectivity index (χ2n) is 4.32. The molecule has 0 radical (unpaired) electrons. The molecule has 0 spiro atoms. The lowest BCUT2D eigenvalue weighted by atomic mass is 10.5. The van der Waals surface area contributed by atoms with Gasteiger partial charge in [0.2, 0.25) is 17.8 Å². The van der Waals surface area contributed by atoms with Gasteiger partial charge in [-0.3, -0.25) is 0 Å². The molecule has 2 aromatic heterocycles. The van der Waals surface area contributed by atoms with E-state index in [1.54, 1.807) is 11.3 Å². The normalized spacial score (nSPS) is 10.4. The summed E-state index contributed by atoms with van der Waals surface area (Å²) < 4.78 is 0.